The van der Waals surface area contributed by atoms with Crippen LogP contribution in [-0.2, 0) is 14.4 Å². The maximum atomic E-state index is 12.3. The fourth-order valence-electron chi connectivity index (χ4n) is 2.53. The third-order valence-electron chi connectivity index (χ3n) is 3.86. The Morgan fingerprint density at radius 1 is 1.32 bits per heavy atom. The van der Waals surface area contributed by atoms with Crippen molar-refractivity contribution in [1.29, 1.82) is 0 Å². The molecular weight excluding hydrogens is 322 g/mol. The minimum atomic E-state index is -0.411. The molecule has 3 rings (SSSR count). The summed E-state index contributed by atoms with van der Waals surface area (Å²) < 4.78 is 5.56. The second-order valence-corrected chi connectivity index (χ2v) is 5.61. The van der Waals surface area contributed by atoms with Gasteiger partial charge in [-0.1, -0.05) is 12.1 Å². The van der Waals surface area contributed by atoms with E-state index in [1.807, 2.05) is 25.1 Å². The summed E-state index contributed by atoms with van der Waals surface area (Å²) in [7, 11) is 0. The van der Waals surface area contributed by atoms with E-state index in [1.54, 1.807) is 30.6 Å². The highest BCUT2D eigenvalue weighted by molar-refractivity contribution is 6.00. The molecule has 1 aromatic carbocycles. The molecule has 0 bridgehead atoms. The summed E-state index contributed by atoms with van der Waals surface area (Å²) in [5.41, 5.74) is 3.88. The molecule has 1 aliphatic rings. The molecule has 0 saturated carbocycles. The second-order valence-electron chi connectivity index (χ2n) is 5.61. The first-order valence-corrected chi connectivity index (χ1v) is 8.02. The quantitative estimate of drug-likeness (QED) is 0.842. The molecule has 1 atom stereocenters. The number of amides is 2. The molecule has 0 fully saturated rings. The number of hydrogen-bond acceptors (Lipinski definition) is 5. The zero-order valence-corrected chi connectivity index (χ0v) is 13.8. The average molecular weight is 341 g/mol. The molecule has 1 aromatic heterocycles. The Hall–Kier alpha value is -2.93. The summed E-state index contributed by atoms with van der Waals surface area (Å²) >= 11 is 0. The number of para-hydroxylation sites is 2. The molecular formula is C18H19N3O4. The normalized spacial score (nSPS) is 14.9. The van der Waals surface area contributed by atoms with Crippen LogP contribution in [0.4, 0.5) is 5.69 Å². The summed E-state index contributed by atoms with van der Waals surface area (Å²) in [5.74, 6) is 0.0143. The lowest BCUT2D eigenvalue weighted by molar-refractivity contribution is -0.137. The largest absolute Gasteiger partial charge is 0.491 e. The van der Waals surface area contributed by atoms with E-state index in [-0.39, 0.29) is 25.0 Å². The maximum Gasteiger partial charge on any atom is 0.263 e. The first-order valence-electron chi connectivity index (χ1n) is 8.02. The molecule has 2 heterocycles. The summed E-state index contributed by atoms with van der Waals surface area (Å²) in [5, 5.41) is 0. The number of rotatable bonds is 5. The van der Waals surface area contributed by atoms with Crippen LogP contribution < -0.4 is 15.1 Å². The van der Waals surface area contributed by atoms with E-state index >= 15 is 0 Å². The highest BCUT2D eigenvalue weighted by Gasteiger charge is 2.25. The van der Waals surface area contributed by atoms with Crippen LogP contribution in [0.3, 0.4) is 0 Å². The molecule has 1 aliphatic heterocycles. The molecule has 1 N–H and O–H groups in total. The second kappa shape index (κ2) is 7.76. The topological polar surface area (TPSA) is 80.8 Å². The zero-order chi connectivity index (χ0) is 17.6. The number of ether oxygens (including phenoxy) is 1. The van der Waals surface area contributed by atoms with Crippen LogP contribution in [0, 0.1) is 0 Å². The van der Waals surface area contributed by atoms with E-state index < -0.39 is 5.91 Å². The lowest BCUT2D eigenvalue weighted by atomic mass is 10.2. The fraction of sp³-hybridized carbons (Fsp3) is 0.278. The molecule has 0 aliphatic carbocycles. The SMILES string of the molecule is C[C@H](ONC(=O)CN1C(=O)CCOc2ccccc21)c1ccncc1. The number of carbonyl (C=O) groups excluding carboxylic acids is 2. The Morgan fingerprint density at radius 2 is 2.08 bits per heavy atom. The molecule has 2 amide bonds. The first kappa shape index (κ1) is 16.9. The van der Waals surface area contributed by atoms with Crippen molar-refractivity contribution in [1.82, 2.24) is 10.5 Å². The van der Waals surface area contributed by atoms with Crippen molar-refractivity contribution in [2.75, 3.05) is 18.1 Å². The Kier molecular flexibility index (Phi) is 5.25. The van der Waals surface area contributed by atoms with Gasteiger partial charge in [-0.2, -0.15) is 0 Å². The monoisotopic (exact) mass is 341 g/mol. The predicted molar refractivity (Wildman–Crippen MR) is 90.8 cm³/mol. The smallest absolute Gasteiger partial charge is 0.263 e. The van der Waals surface area contributed by atoms with Crippen LogP contribution >= 0.6 is 0 Å². The number of anilines is 1. The van der Waals surface area contributed by atoms with Crippen molar-refractivity contribution in [2.24, 2.45) is 0 Å². The molecule has 0 radical (unpaired) electrons. The summed E-state index contributed by atoms with van der Waals surface area (Å²) in [4.78, 5) is 35.3. The van der Waals surface area contributed by atoms with Gasteiger partial charge in [-0.25, -0.2) is 5.48 Å². The van der Waals surface area contributed by atoms with Crippen LogP contribution in [0.1, 0.15) is 25.0 Å². The minimum absolute atomic E-state index is 0.137. The Morgan fingerprint density at radius 3 is 2.88 bits per heavy atom. The van der Waals surface area contributed by atoms with Gasteiger partial charge in [0.25, 0.3) is 5.91 Å². The Labute approximate surface area is 145 Å². The number of hydrogen-bond donors (Lipinski definition) is 1. The van der Waals surface area contributed by atoms with E-state index in [0.717, 1.165) is 5.56 Å². The van der Waals surface area contributed by atoms with E-state index in [9.17, 15) is 9.59 Å². The lowest BCUT2D eigenvalue weighted by Crippen LogP contribution is -2.40. The van der Waals surface area contributed by atoms with Gasteiger partial charge < -0.3 is 4.74 Å². The van der Waals surface area contributed by atoms with E-state index in [1.165, 1.54) is 4.90 Å². The first-order chi connectivity index (χ1) is 12.1. The number of benzene rings is 1. The molecule has 0 saturated heterocycles. The molecule has 25 heavy (non-hydrogen) atoms. The van der Waals surface area contributed by atoms with Gasteiger partial charge >= 0.3 is 0 Å². The summed E-state index contributed by atoms with van der Waals surface area (Å²) in [6, 6.07) is 10.8. The Balaban J connectivity index is 1.63. The highest BCUT2D eigenvalue weighted by atomic mass is 16.7. The van der Waals surface area contributed by atoms with Crippen molar-refractivity contribution >= 4 is 17.5 Å². The highest BCUT2D eigenvalue weighted by Crippen LogP contribution is 2.30. The van der Waals surface area contributed by atoms with Crippen molar-refractivity contribution < 1.29 is 19.2 Å². The molecule has 7 nitrogen and oxygen atoms in total. The number of nitrogens with one attached hydrogen (secondary N) is 1. The number of pyridine rings is 1. The number of carbonyl (C=O) groups is 2. The van der Waals surface area contributed by atoms with Gasteiger partial charge in [0.2, 0.25) is 5.91 Å². The molecule has 0 spiro atoms. The van der Waals surface area contributed by atoms with Crippen molar-refractivity contribution in [3.8, 4) is 5.75 Å². The standard InChI is InChI=1S/C18H19N3O4/c1-13(14-6-9-19-10-7-14)25-20-17(22)12-21-15-4-2-3-5-16(15)24-11-8-18(21)23/h2-7,9-10,13H,8,11-12H2,1H3,(H,20,22)/t13-/m0/s1. The average Bonchev–Trinajstić information content (AvgIpc) is 2.80. The van der Waals surface area contributed by atoms with Crippen LogP contribution in [0.5, 0.6) is 5.75 Å². The van der Waals surface area contributed by atoms with Crippen molar-refractivity contribution in [2.45, 2.75) is 19.4 Å². The van der Waals surface area contributed by atoms with Crippen LogP contribution in [-0.4, -0.2) is 29.9 Å². The van der Waals surface area contributed by atoms with Gasteiger partial charge in [0.05, 0.1) is 18.7 Å². The molecule has 130 valence electrons. The Bertz CT molecular complexity index is 751. The maximum absolute atomic E-state index is 12.3. The third-order valence-corrected chi connectivity index (χ3v) is 3.86. The zero-order valence-electron chi connectivity index (χ0n) is 13.8. The van der Waals surface area contributed by atoms with Gasteiger partial charge in [0, 0.05) is 12.4 Å². The number of nitrogens with zero attached hydrogens (tertiary/aromatic N) is 2. The molecule has 7 heteroatoms. The number of aromatic nitrogens is 1. The minimum Gasteiger partial charge on any atom is -0.491 e. The van der Waals surface area contributed by atoms with E-state index in [0.29, 0.717) is 18.0 Å². The number of hydroxylamine groups is 1. The van der Waals surface area contributed by atoms with Gasteiger partial charge in [-0.05, 0) is 36.8 Å². The van der Waals surface area contributed by atoms with Gasteiger partial charge in [0.1, 0.15) is 18.4 Å². The van der Waals surface area contributed by atoms with Crippen molar-refractivity contribution in [3.05, 3.63) is 54.4 Å². The van der Waals surface area contributed by atoms with Crippen LogP contribution in [0.25, 0.3) is 0 Å². The lowest BCUT2D eigenvalue weighted by Gasteiger charge is -2.21. The van der Waals surface area contributed by atoms with E-state index in [2.05, 4.69) is 10.5 Å². The third kappa shape index (κ3) is 4.13. The fourth-order valence-corrected chi connectivity index (χ4v) is 2.53. The van der Waals surface area contributed by atoms with E-state index in [4.69, 9.17) is 9.57 Å². The molecule has 0 unspecified atom stereocenters. The summed E-state index contributed by atoms with van der Waals surface area (Å²) in [6.45, 7) is 1.97. The van der Waals surface area contributed by atoms with Crippen molar-refractivity contribution in [3.63, 3.8) is 0 Å². The number of fused-ring (bicyclic) bond motifs is 1. The van der Waals surface area contributed by atoms with Gasteiger partial charge in [-0.15, -0.1) is 0 Å². The van der Waals surface area contributed by atoms with Crippen LogP contribution in [0.15, 0.2) is 48.8 Å². The molecule has 2 aromatic rings. The van der Waals surface area contributed by atoms with Crippen LogP contribution in [0.2, 0.25) is 0 Å². The summed E-state index contributed by atoms with van der Waals surface area (Å²) in [6.07, 6.45) is 3.20. The van der Waals surface area contributed by atoms with Gasteiger partial charge in [-0.3, -0.25) is 24.3 Å². The predicted octanol–water partition coefficient (Wildman–Crippen LogP) is 2.01. The van der Waals surface area contributed by atoms with Gasteiger partial charge in [0.15, 0.2) is 0 Å².